The van der Waals surface area contributed by atoms with Crippen LogP contribution in [0.15, 0.2) is 146 Å². The van der Waals surface area contributed by atoms with Crippen LogP contribution >= 0.6 is 0 Å². The van der Waals surface area contributed by atoms with Gasteiger partial charge in [0.25, 0.3) is 0 Å². The Labute approximate surface area is 257 Å². The highest BCUT2D eigenvalue weighted by atomic mass is 15.2. The van der Waals surface area contributed by atoms with Crippen LogP contribution in [0.2, 0.25) is 0 Å². The lowest BCUT2D eigenvalue weighted by molar-refractivity contribution is 0.633. The minimum absolute atomic E-state index is 0.158. The van der Waals surface area contributed by atoms with Crippen LogP contribution in [0.4, 0.5) is 17.1 Å². The van der Waals surface area contributed by atoms with E-state index in [-0.39, 0.29) is 5.41 Å². The molecule has 6 aromatic carbocycles. The summed E-state index contributed by atoms with van der Waals surface area (Å²) in [7, 11) is 0. The minimum Gasteiger partial charge on any atom is -0.310 e. The van der Waals surface area contributed by atoms with Crippen LogP contribution in [0, 0.1) is 0 Å². The quantitative estimate of drug-likeness (QED) is 0.213. The molecule has 0 N–H and O–H groups in total. The molecule has 0 spiro atoms. The van der Waals surface area contributed by atoms with Crippen LogP contribution in [0.5, 0.6) is 0 Å². The molecule has 4 heteroatoms. The van der Waals surface area contributed by atoms with E-state index in [0.29, 0.717) is 5.82 Å². The van der Waals surface area contributed by atoms with Gasteiger partial charge in [-0.3, -0.25) is 0 Å². The molecule has 0 amide bonds. The molecular formula is C40H30N4. The van der Waals surface area contributed by atoms with Crippen LogP contribution in [0.1, 0.15) is 25.0 Å². The van der Waals surface area contributed by atoms with Crippen LogP contribution in [-0.2, 0) is 5.41 Å². The van der Waals surface area contributed by atoms with E-state index >= 15 is 0 Å². The fraction of sp³-hybridized carbons (Fsp3) is 0.0750. The highest BCUT2D eigenvalue weighted by Gasteiger charge is 2.37. The molecule has 0 fully saturated rings. The molecule has 0 bridgehead atoms. The van der Waals surface area contributed by atoms with Crippen molar-refractivity contribution in [3.05, 3.63) is 157 Å². The molecular weight excluding hydrogens is 536 g/mol. The second kappa shape index (κ2) is 10.3. The van der Waals surface area contributed by atoms with Crippen LogP contribution in [-0.4, -0.2) is 15.2 Å². The fourth-order valence-corrected chi connectivity index (χ4v) is 6.48. The summed E-state index contributed by atoms with van der Waals surface area (Å²) in [6.45, 7) is 4.65. The molecule has 2 heterocycles. The van der Waals surface area contributed by atoms with Crippen molar-refractivity contribution in [2.75, 3.05) is 4.90 Å². The van der Waals surface area contributed by atoms with E-state index in [9.17, 15) is 0 Å². The molecule has 0 saturated heterocycles. The molecule has 4 nitrogen and oxygen atoms in total. The second-order valence-electron chi connectivity index (χ2n) is 11.8. The molecule has 0 saturated carbocycles. The molecule has 1 aliphatic heterocycles. The van der Waals surface area contributed by atoms with Crippen molar-refractivity contribution in [3.8, 4) is 33.9 Å². The van der Waals surface area contributed by atoms with Gasteiger partial charge in [0.15, 0.2) is 5.82 Å². The van der Waals surface area contributed by atoms with Crippen molar-refractivity contribution < 1.29 is 0 Å². The van der Waals surface area contributed by atoms with Crippen molar-refractivity contribution in [1.82, 2.24) is 15.2 Å². The third-order valence-corrected chi connectivity index (χ3v) is 8.74. The number of anilines is 3. The smallest absolute Gasteiger partial charge is 0.182 e. The lowest BCUT2D eigenvalue weighted by Crippen LogP contribution is -2.30. The van der Waals surface area contributed by atoms with Crippen molar-refractivity contribution >= 4 is 27.8 Å². The van der Waals surface area contributed by atoms with E-state index in [1.807, 2.05) is 36.4 Å². The van der Waals surface area contributed by atoms with E-state index in [2.05, 4.69) is 133 Å². The van der Waals surface area contributed by atoms with E-state index < -0.39 is 0 Å². The van der Waals surface area contributed by atoms with Gasteiger partial charge < -0.3 is 4.90 Å². The highest BCUT2D eigenvalue weighted by Crippen LogP contribution is 2.53. The molecule has 44 heavy (non-hydrogen) atoms. The maximum absolute atomic E-state index is 5.14. The maximum atomic E-state index is 5.14. The Kier molecular flexibility index (Phi) is 6.09. The first-order chi connectivity index (χ1) is 21.6. The van der Waals surface area contributed by atoms with Crippen molar-refractivity contribution in [3.63, 3.8) is 0 Å². The highest BCUT2D eigenvalue weighted by molar-refractivity contribution is 5.95. The van der Waals surface area contributed by atoms with Gasteiger partial charge in [-0.2, -0.15) is 0 Å². The summed E-state index contributed by atoms with van der Waals surface area (Å²) in [6, 6.07) is 50.9. The monoisotopic (exact) mass is 566 g/mol. The fourth-order valence-electron chi connectivity index (χ4n) is 6.48. The van der Waals surface area contributed by atoms with Gasteiger partial charge in [-0.1, -0.05) is 129 Å². The maximum Gasteiger partial charge on any atom is 0.182 e. The van der Waals surface area contributed by atoms with Gasteiger partial charge >= 0.3 is 0 Å². The first-order valence-corrected chi connectivity index (χ1v) is 15.0. The molecule has 0 atom stereocenters. The van der Waals surface area contributed by atoms with Gasteiger partial charge in [-0.15, -0.1) is 10.2 Å². The van der Waals surface area contributed by atoms with Crippen LogP contribution < -0.4 is 4.90 Å². The van der Waals surface area contributed by atoms with Gasteiger partial charge in [0.2, 0.25) is 0 Å². The molecule has 0 unspecified atom stereocenters. The number of benzene rings is 6. The van der Waals surface area contributed by atoms with E-state index in [1.54, 1.807) is 0 Å². The van der Waals surface area contributed by atoms with Gasteiger partial charge in [-0.05, 0) is 52.2 Å². The lowest BCUT2D eigenvalue weighted by Gasteiger charge is -2.42. The zero-order chi connectivity index (χ0) is 29.7. The SMILES string of the molecule is CC1(C)c2ccccc2N(c2cccc(-c3nnc(-c4ccccc4)c(-c4ccccc4)n3)c2)c2cc3ccccc3cc21. The van der Waals surface area contributed by atoms with E-state index in [0.717, 1.165) is 33.8 Å². The number of rotatable bonds is 4. The Morgan fingerprint density at radius 3 is 1.84 bits per heavy atom. The first-order valence-electron chi connectivity index (χ1n) is 15.0. The Morgan fingerprint density at radius 1 is 0.477 bits per heavy atom. The zero-order valence-corrected chi connectivity index (χ0v) is 24.6. The predicted molar refractivity (Wildman–Crippen MR) is 180 cm³/mol. The first kappa shape index (κ1) is 26.1. The topological polar surface area (TPSA) is 41.9 Å². The summed E-state index contributed by atoms with van der Waals surface area (Å²) in [5, 5.41) is 11.9. The Hall–Kier alpha value is -5.61. The van der Waals surface area contributed by atoms with Gasteiger partial charge in [-0.25, -0.2) is 4.98 Å². The average molecular weight is 567 g/mol. The molecule has 210 valence electrons. The average Bonchev–Trinajstić information content (AvgIpc) is 3.08. The van der Waals surface area contributed by atoms with E-state index in [1.165, 1.54) is 33.3 Å². The summed E-state index contributed by atoms with van der Waals surface area (Å²) >= 11 is 0. The summed E-state index contributed by atoms with van der Waals surface area (Å²) in [6.07, 6.45) is 0. The van der Waals surface area contributed by atoms with Crippen molar-refractivity contribution in [2.45, 2.75) is 19.3 Å². The van der Waals surface area contributed by atoms with Gasteiger partial charge in [0.05, 0.1) is 11.4 Å². The van der Waals surface area contributed by atoms with E-state index in [4.69, 9.17) is 10.1 Å². The number of aromatic nitrogens is 3. The van der Waals surface area contributed by atoms with Gasteiger partial charge in [0, 0.05) is 27.8 Å². The molecule has 7 aromatic rings. The zero-order valence-electron chi connectivity index (χ0n) is 24.6. The number of fused-ring (bicyclic) bond motifs is 3. The normalized spacial score (nSPS) is 13.4. The Balaban J connectivity index is 1.31. The molecule has 8 rings (SSSR count). The molecule has 1 aliphatic rings. The Bertz CT molecular complexity index is 2150. The van der Waals surface area contributed by atoms with Crippen molar-refractivity contribution in [1.29, 1.82) is 0 Å². The molecule has 0 radical (unpaired) electrons. The minimum atomic E-state index is -0.158. The molecule has 1 aromatic heterocycles. The second-order valence-corrected chi connectivity index (χ2v) is 11.8. The number of hydrogen-bond acceptors (Lipinski definition) is 4. The lowest BCUT2D eigenvalue weighted by atomic mass is 9.73. The summed E-state index contributed by atoms with van der Waals surface area (Å²) in [4.78, 5) is 7.52. The number of hydrogen-bond donors (Lipinski definition) is 0. The summed E-state index contributed by atoms with van der Waals surface area (Å²) < 4.78 is 0. The largest absolute Gasteiger partial charge is 0.310 e. The van der Waals surface area contributed by atoms with Gasteiger partial charge in [0.1, 0.15) is 11.4 Å². The Morgan fingerprint density at radius 2 is 1.09 bits per heavy atom. The predicted octanol–water partition coefficient (Wildman–Crippen LogP) is 10.1. The number of para-hydroxylation sites is 1. The van der Waals surface area contributed by atoms with Crippen LogP contribution in [0.3, 0.4) is 0 Å². The third kappa shape index (κ3) is 4.26. The molecule has 0 aliphatic carbocycles. The third-order valence-electron chi connectivity index (χ3n) is 8.74. The number of nitrogens with zero attached hydrogens (tertiary/aromatic N) is 4. The summed E-state index contributed by atoms with van der Waals surface area (Å²) in [5.41, 5.74) is 10.4. The van der Waals surface area contributed by atoms with Crippen molar-refractivity contribution in [2.24, 2.45) is 0 Å². The standard InChI is InChI=1S/C40H30N4/c1-40(2)33-22-11-12-23-35(33)44(36-26-30-19-10-9-18-29(30)25-34(36)40)32-21-13-20-31(24-32)39-41-37(27-14-5-3-6-15-27)38(42-43-39)28-16-7-4-8-17-28/h3-26H,1-2H3. The summed E-state index contributed by atoms with van der Waals surface area (Å²) in [5.74, 6) is 0.592. The van der Waals surface area contributed by atoms with Crippen LogP contribution in [0.25, 0.3) is 44.7 Å².